The maximum Gasteiger partial charge on any atom is 0.279 e. The van der Waals surface area contributed by atoms with Gasteiger partial charge in [-0.25, -0.2) is 9.97 Å². The lowest BCUT2D eigenvalue weighted by Gasteiger charge is -2.14. The fourth-order valence-corrected chi connectivity index (χ4v) is 3.76. The van der Waals surface area contributed by atoms with E-state index >= 15 is 0 Å². The number of fused-ring (bicyclic) bond motifs is 1. The first-order valence-corrected chi connectivity index (χ1v) is 10.9. The van der Waals surface area contributed by atoms with Crippen molar-refractivity contribution in [1.29, 1.82) is 0 Å². The molecule has 0 amide bonds. The molecule has 4 aromatic rings. The first-order valence-electron chi connectivity index (χ1n) is 10.9. The third-order valence-corrected chi connectivity index (χ3v) is 5.44. The molecule has 0 aliphatic heterocycles. The van der Waals surface area contributed by atoms with E-state index in [-0.39, 0.29) is 11.6 Å². The van der Waals surface area contributed by atoms with Crippen molar-refractivity contribution in [2.45, 2.75) is 45.6 Å². The van der Waals surface area contributed by atoms with Crippen LogP contribution in [-0.4, -0.2) is 26.1 Å². The third-order valence-electron chi connectivity index (χ3n) is 5.44. The Bertz CT molecular complexity index is 1200. The molecular weight excluding hydrogens is 388 g/mol. The number of nitrogens with zero attached hydrogens (tertiary/aromatic N) is 3. The maximum atomic E-state index is 12.7. The topological polar surface area (TPSA) is 72.8 Å². The average Bonchev–Trinajstić information content (AvgIpc) is 3.23. The van der Waals surface area contributed by atoms with Gasteiger partial charge in [0, 0.05) is 6.04 Å². The Morgan fingerprint density at radius 3 is 2.68 bits per heavy atom. The molecule has 0 saturated heterocycles. The molecule has 4 rings (SSSR count). The van der Waals surface area contributed by atoms with Gasteiger partial charge < -0.3 is 14.3 Å². The van der Waals surface area contributed by atoms with Crippen molar-refractivity contribution in [1.82, 2.24) is 19.5 Å². The van der Waals surface area contributed by atoms with E-state index in [2.05, 4.69) is 48.1 Å². The number of imidazole rings is 1. The molecule has 2 aromatic heterocycles. The van der Waals surface area contributed by atoms with E-state index in [9.17, 15) is 4.79 Å². The fourth-order valence-electron chi connectivity index (χ4n) is 3.76. The summed E-state index contributed by atoms with van der Waals surface area (Å²) in [5, 5.41) is 0. The van der Waals surface area contributed by atoms with E-state index in [0.29, 0.717) is 29.3 Å². The van der Waals surface area contributed by atoms with Crippen LogP contribution in [0.5, 0.6) is 5.75 Å². The van der Waals surface area contributed by atoms with Gasteiger partial charge in [0.25, 0.3) is 5.56 Å². The van der Waals surface area contributed by atoms with Crippen molar-refractivity contribution in [3.8, 4) is 17.1 Å². The quantitative estimate of drug-likeness (QED) is 0.409. The molecular formula is C25H28N4O2. The van der Waals surface area contributed by atoms with Crippen molar-refractivity contribution in [3.05, 3.63) is 76.8 Å². The highest BCUT2D eigenvalue weighted by Crippen LogP contribution is 2.28. The third kappa shape index (κ3) is 4.68. The minimum atomic E-state index is -0.236. The van der Waals surface area contributed by atoms with Crippen LogP contribution in [0, 0.1) is 0 Å². The van der Waals surface area contributed by atoms with Crippen molar-refractivity contribution in [2.24, 2.45) is 0 Å². The monoisotopic (exact) mass is 416 g/mol. The van der Waals surface area contributed by atoms with Crippen LogP contribution >= 0.6 is 0 Å². The number of aromatic amines is 1. The summed E-state index contributed by atoms with van der Waals surface area (Å²) in [6, 6.07) is 18.3. The van der Waals surface area contributed by atoms with Gasteiger partial charge in [0.1, 0.15) is 11.6 Å². The number of nitrogens with one attached hydrogen (secondary N) is 1. The van der Waals surface area contributed by atoms with Crippen molar-refractivity contribution < 1.29 is 4.74 Å². The van der Waals surface area contributed by atoms with E-state index in [1.54, 1.807) is 6.33 Å². The second-order valence-corrected chi connectivity index (χ2v) is 7.81. The lowest BCUT2D eigenvalue weighted by molar-refractivity contribution is 0.318. The second-order valence-electron chi connectivity index (χ2n) is 7.81. The summed E-state index contributed by atoms with van der Waals surface area (Å²) in [6.45, 7) is 4.82. The van der Waals surface area contributed by atoms with Crippen molar-refractivity contribution in [2.75, 3.05) is 6.61 Å². The van der Waals surface area contributed by atoms with E-state index in [1.165, 1.54) is 5.56 Å². The lowest BCUT2D eigenvalue weighted by Crippen LogP contribution is -2.12. The van der Waals surface area contributed by atoms with Crippen LogP contribution in [0.1, 0.15) is 44.7 Å². The number of para-hydroxylation sites is 1. The molecule has 0 bridgehead atoms. The minimum Gasteiger partial charge on any atom is -0.493 e. The molecule has 6 nitrogen and oxygen atoms in total. The van der Waals surface area contributed by atoms with Gasteiger partial charge in [-0.05, 0) is 50.3 Å². The molecule has 0 aliphatic rings. The van der Waals surface area contributed by atoms with Gasteiger partial charge in [-0.15, -0.1) is 0 Å². The van der Waals surface area contributed by atoms with Gasteiger partial charge in [-0.2, -0.15) is 0 Å². The summed E-state index contributed by atoms with van der Waals surface area (Å²) in [7, 11) is 0. The van der Waals surface area contributed by atoms with E-state index in [1.807, 2.05) is 34.9 Å². The molecule has 1 atom stereocenters. The SMILES string of the molecule is CCCOc1ccccc1-c1nc2c(ncn2C(C)CCCc2ccccc2)c(=O)[nH]1. The lowest BCUT2D eigenvalue weighted by atomic mass is 10.1. The first kappa shape index (κ1) is 20.8. The van der Waals surface area contributed by atoms with Gasteiger partial charge in [0.05, 0.1) is 18.5 Å². The summed E-state index contributed by atoms with van der Waals surface area (Å²) in [4.78, 5) is 24.7. The number of benzene rings is 2. The average molecular weight is 417 g/mol. The molecule has 2 aromatic carbocycles. The molecule has 2 heterocycles. The molecule has 0 saturated carbocycles. The van der Waals surface area contributed by atoms with E-state index in [0.717, 1.165) is 31.2 Å². The minimum absolute atomic E-state index is 0.183. The zero-order valence-electron chi connectivity index (χ0n) is 18.0. The molecule has 0 aliphatic carbocycles. The maximum absolute atomic E-state index is 12.7. The van der Waals surface area contributed by atoms with Crippen LogP contribution < -0.4 is 10.3 Å². The van der Waals surface area contributed by atoms with Crippen LogP contribution in [0.25, 0.3) is 22.6 Å². The molecule has 1 unspecified atom stereocenters. The van der Waals surface area contributed by atoms with Gasteiger partial charge in [-0.1, -0.05) is 49.4 Å². The molecule has 31 heavy (non-hydrogen) atoms. The van der Waals surface area contributed by atoms with Crippen LogP contribution in [0.15, 0.2) is 65.7 Å². The van der Waals surface area contributed by atoms with Crippen LogP contribution in [0.3, 0.4) is 0 Å². The number of hydrogen-bond donors (Lipinski definition) is 1. The molecule has 0 fully saturated rings. The van der Waals surface area contributed by atoms with Gasteiger partial charge in [-0.3, -0.25) is 4.79 Å². The van der Waals surface area contributed by atoms with E-state index < -0.39 is 0 Å². The second kappa shape index (κ2) is 9.60. The summed E-state index contributed by atoms with van der Waals surface area (Å²) < 4.78 is 7.87. The Morgan fingerprint density at radius 2 is 1.87 bits per heavy atom. The highest BCUT2D eigenvalue weighted by Gasteiger charge is 2.17. The smallest absolute Gasteiger partial charge is 0.279 e. The predicted molar refractivity (Wildman–Crippen MR) is 123 cm³/mol. The fraction of sp³-hybridized carbons (Fsp3) is 0.320. The molecule has 0 radical (unpaired) electrons. The number of aryl methyl sites for hydroxylation is 1. The standard InChI is InChI=1S/C25H28N4O2/c1-3-16-31-21-15-8-7-14-20(21)23-27-24-22(25(30)28-23)26-17-29(24)18(2)10-9-13-19-11-5-4-6-12-19/h4-8,11-12,14-15,17-18H,3,9-10,13,16H2,1-2H3,(H,27,28,30). The Labute approximate surface area is 181 Å². The van der Waals surface area contributed by atoms with Crippen LogP contribution in [0.2, 0.25) is 0 Å². The number of aromatic nitrogens is 4. The van der Waals surface area contributed by atoms with E-state index in [4.69, 9.17) is 9.72 Å². The zero-order valence-corrected chi connectivity index (χ0v) is 18.0. The number of rotatable bonds is 9. The largest absolute Gasteiger partial charge is 0.493 e. The Balaban J connectivity index is 1.60. The highest BCUT2D eigenvalue weighted by atomic mass is 16.5. The molecule has 1 N–H and O–H groups in total. The number of ether oxygens (including phenoxy) is 1. The summed E-state index contributed by atoms with van der Waals surface area (Å²) in [5.41, 5.74) is 2.85. The van der Waals surface area contributed by atoms with Crippen LogP contribution in [0.4, 0.5) is 0 Å². The first-order chi connectivity index (χ1) is 15.2. The molecule has 6 heteroatoms. The molecule has 160 valence electrons. The summed E-state index contributed by atoms with van der Waals surface area (Å²) >= 11 is 0. The van der Waals surface area contributed by atoms with Crippen molar-refractivity contribution >= 4 is 11.2 Å². The number of H-pyrrole nitrogens is 1. The van der Waals surface area contributed by atoms with Gasteiger partial charge >= 0.3 is 0 Å². The summed E-state index contributed by atoms with van der Waals surface area (Å²) in [5.74, 6) is 1.22. The Kier molecular flexibility index (Phi) is 6.46. The zero-order chi connectivity index (χ0) is 21.6. The number of hydrogen-bond acceptors (Lipinski definition) is 4. The van der Waals surface area contributed by atoms with Crippen molar-refractivity contribution in [3.63, 3.8) is 0 Å². The molecule has 0 spiro atoms. The van der Waals surface area contributed by atoms with Gasteiger partial charge in [0.15, 0.2) is 11.2 Å². The Hall–Kier alpha value is -3.41. The predicted octanol–water partition coefficient (Wildman–Crippen LogP) is 5.16. The Morgan fingerprint density at radius 1 is 1.10 bits per heavy atom. The normalized spacial score (nSPS) is 12.2. The van der Waals surface area contributed by atoms with Crippen LogP contribution in [-0.2, 0) is 6.42 Å². The highest BCUT2D eigenvalue weighted by molar-refractivity contribution is 5.74. The van der Waals surface area contributed by atoms with Gasteiger partial charge in [0.2, 0.25) is 0 Å². The summed E-state index contributed by atoms with van der Waals surface area (Å²) in [6.07, 6.45) is 5.68.